The highest BCUT2D eigenvalue weighted by molar-refractivity contribution is 4.85. The van der Waals surface area contributed by atoms with Crippen LogP contribution in [0.2, 0.25) is 0 Å². The summed E-state index contributed by atoms with van der Waals surface area (Å²) in [5.74, 6) is 0. The van der Waals surface area contributed by atoms with E-state index in [0.29, 0.717) is 5.41 Å². The molecule has 1 aliphatic carbocycles. The lowest BCUT2D eigenvalue weighted by Crippen LogP contribution is -2.39. The van der Waals surface area contributed by atoms with Gasteiger partial charge >= 0.3 is 0 Å². The highest BCUT2D eigenvalue weighted by Gasteiger charge is 2.34. The van der Waals surface area contributed by atoms with Crippen molar-refractivity contribution in [2.24, 2.45) is 5.41 Å². The molecular weight excluding hydrogens is 164 g/mol. The molecule has 1 N–H and O–H groups in total. The normalized spacial score (nSPS) is 33.2. The van der Waals surface area contributed by atoms with E-state index in [1.54, 1.807) is 0 Å². The van der Waals surface area contributed by atoms with Crippen molar-refractivity contribution in [3.05, 3.63) is 0 Å². The highest BCUT2D eigenvalue weighted by Crippen LogP contribution is 2.36. The molecule has 13 heavy (non-hydrogen) atoms. The molecule has 2 atom stereocenters. The van der Waals surface area contributed by atoms with Crippen LogP contribution in [0.25, 0.3) is 0 Å². The lowest BCUT2D eigenvalue weighted by Gasteiger charge is -2.38. The maximum absolute atomic E-state index is 9.70. The fraction of sp³-hybridized carbons (Fsp3) is 1.00. The molecule has 0 bridgehead atoms. The summed E-state index contributed by atoms with van der Waals surface area (Å²) in [7, 11) is 0. The molecule has 0 aromatic heterocycles. The molecule has 0 spiro atoms. The molecule has 0 aromatic carbocycles. The molecular formula is C11H22O2. The predicted molar refractivity (Wildman–Crippen MR) is 53.7 cm³/mol. The third-order valence-corrected chi connectivity index (χ3v) is 2.84. The maximum atomic E-state index is 9.70. The summed E-state index contributed by atoms with van der Waals surface area (Å²) in [6.45, 7) is 7.38. The van der Waals surface area contributed by atoms with Crippen LogP contribution < -0.4 is 0 Å². The largest absolute Gasteiger partial charge is 0.390 e. The summed E-state index contributed by atoms with van der Waals surface area (Å²) < 4.78 is 5.63. The number of hydrogen-bond donors (Lipinski definition) is 1. The van der Waals surface area contributed by atoms with Crippen LogP contribution in [0.4, 0.5) is 0 Å². The van der Waals surface area contributed by atoms with E-state index in [2.05, 4.69) is 20.8 Å². The Hall–Kier alpha value is -0.0800. The fourth-order valence-electron chi connectivity index (χ4n) is 1.95. The van der Waals surface area contributed by atoms with Gasteiger partial charge in [-0.25, -0.2) is 0 Å². The van der Waals surface area contributed by atoms with Gasteiger partial charge in [0.05, 0.1) is 12.2 Å². The molecule has 2 nitrogen and oxygen atoms in total. The van der Waals surface area contributed by atoms with Crippen LogP contribution in [0.3, 0.4) is 0 Å². The van der Waals surface area contributed by atoms with E-state index in [9.17, 15) is 5.11 Å². The number of rotatable bonds is 3. The maximum Gasteiger partial charge on any atom is 0.0839 e. The Morgan fingerprint density at radius 1 is 1.46 bits per heavy atom. The van der Waals surface area contributed by atoms with Crippen molar-refractivity contribution >= 4 is 0 Å². The molecule has 0 radical (unpaired) electrons. The zero-order valence-corrected chi connectivity index (χ0v) is 9.05. The van der Waals surface area contributed by atoms with Crippen molar-refractivity contribution in [1.82, 2.24) is 0 Å². The van der Waals surface area contributed by atoms with E-state index in [4.69, 9.17) is 4.74 Å². The Bertz CT molecular complexity index is 154. The number of hydrogen-bond acceptors (Lipinski definition) is 2. The van der Waals surface area contributed by atoms with Gasteiger partial charge in [0, 0.05) is 6.61 Å². The molecule has 2 heteroatoms. The van der Waals surface area contributed by atoms with Crippen molar-refractivity contribution in [2.75, 3.05) is 6.61 Å². The number of ether oxygens (including phenoxy) is 1. The second-order valence-corrected chi connectivity index (χ2v) is 4.88. The van der Waals surface area contributed by atoms with Gasteiger partial charge in [0.15, 0.2) is 0 Å². The van der Waals surface area contributed by atoms with Gasteiger partial charge in [0.2, 0.25) is 0 Å². The van der Waals surface area contributed by atoms with Crippen LogP contribution in [0.1, 0.15) is 46.5 Å². The Balaban J connectivity index is 2.41. The summed E-state index contributed by atoms with van der Waals surface area (Å²) in [5.41, 5.74) is 0.345. The van der Waals surface area contributed by atoms with E-state index >= 15 is 0 Å². The molecule has 1 fully saturated rings. The van der Waals surface area contributed by atoms with Crippen molar-refractivity contribution in [2.45, 2.75) is 58.7 Å². The fourth-order valence-corrected chi connectivity index (χ4v) is 1.95. The van der Waals surface area contributed by atoms with Gasteiger partial charge < -0.3 is 9.84 Å². The zero-order valence-electron chi connectivity index (χ0n) is 9.05. The zero-order chi connectivity index (χ0) is 9.90. The minimum absolute atomic E-state index is 0.0729. The predicted octanol–water partition coefficient (Wildman–Crippen LogP) is 2.35. The third kappa shape index (κ3) is 3.28. The first-order valence-electron chi connectivity index (χ1n) is 5.35. The highest BCUT2D eigenvalue weighted by atomic mass is 16.5. The van der Waals surface area contributed by atoms with E-state index in [0.717, 1.165) is 32.3 Å². The first-order chi connectivity index (χ1) is 6.05. The van der Waals surface area contributed by atoms with Crippen molar-refractivity contribution in [3.8, 4) is 0 Å². The van der Waals surface area contributed by atoms with Crippen LogP contribution in [0.5, 0.6) is 0 Å². The van der Waals surface area contributed by atoms with E-state index in [-0.39, 0.29) is 12.2 Å². The van der Waals surface area contributed by atoms with Crippen molar-refractivity contribution in [1.29, 1.82) is 0 Å². The topological polar surface area (TPSA) is 29.5 Å². The van der Waals surface area contributed by atoms with Gasteiger partial charge in [-0.1, -0.05) is 20.8 Å². The Morgan fingerprint density at radius 3 is 2.77 bits per heavy atom. The smallest absolute Gasteiger partial charge is 0.0839 e. The van der Waals surface area contributed by atoms with Crippen molar-refractivity contribution < 1.29 is 9.84 Å². The molecule has 1 saturated carbocycles. The number of aliphatic hydroxyl groups is 1. The van der Waals surface area contributed by atoms with Crippen LogP contribution in [0, 0.1) is 5.41 Å². The van der Waals surface area contributed by atoms with Crippen LogP contribution in [-0.2, 0) is 4.74 Å². The molecule has 0 aromatic rings. The Kier molecular flexibility index (Phi) is 3.74. The Labute approximate surface area is 81.3 Å². The summed E-state index contributed by atoms with van der Waals surface area (Å²) >= 11 is 0. The van der Waals surface area contributed by atoms with Crippen LogP contribution in [0.15, 0.2) is 0 Å². The minimum Gasteiger partial charge on any atom is -0.390 e. The van der Waals surface area contributed by atoms with Crippen LogP contribution in [-0.4, -0.2) is 23.9 Å². The quantitative estimate of drug-likeness (QED) is 0.733. The van der Waals surface area contributed by atoms with Gasteiger partial charge in [-0.3, -0.25) is 0 Å². The average molecular weight is 186 g/mol. The molecule has 0 heterocycles. The molecule has 1 aliphatic rings. The molecule has 0 aliphatic heterocycles. The van der Waals surface area contributed by atoms with Gasteiger partial charge in [-0.15, -0.1) is 0 Å². The Morgan fingerprint density at radius 2 is 2.15 bits per heavy atom. The lowest BCUT2D eigenvalue weighted by atomic mass is 9.75. The summed E-state index contributed by atoms with van der Waals surface area (Å²) in [6.07, 6.45) is 3.86. The SMILES string of the molecule is CCCOC1CC(C)(C)CCC1O. The molecule has 78 valence electrons. The summed E-state index contributed by atoms with van der Waals surface area (Å²) in [4.78, 5) is 0. The van der Waals surface area contributed by atoms with Gasteiger partial charge in [-0.05, 0) is 31.1 Å². The minimum atomic E-state index is -0.237. The lowest BCUT2D eigenvalue weighted by molar-refractivity contribution is -0.0855. The first kappa shape index (κ1) is 11.0. The van der Waals surface area contributed by atoms with E-state index in [1.807, 2.05) is 0 Å². The molecule has 0 saturated heterocycles. The summed E-state index contributed by atoms with van der Waals surface area (Å²) in [6, 6.07) is 0. The molecule has 0 amide bonds. The molecule has 1 rings (SSSR count). The monoisotopic (exact) mass is 186 g/mol. The van der Waals surface area contributed by atoms with Crippen LogP contribution >= 0.6 is 0 Å². The average Bonchev–Trinajstić information content (AvgIpc) is 2.07. The van der Waals surface area contributed by atoms with Gasteiger partial charge in [0.1, 0.15) is 0 Å². The third-order valence-electron chi connectivity index (χ3n) is 2.84. The second kappa shape index (κ2) is 4.43. The van der Waals surface area contributed by atoms with E-state index < -0.39 is 0 Å². The standard InChI is InChI=1S/C11H22O2/c1-4-7-13-10-8-11(2,3)6-5-9(10)12/h9-10,12H,4-8H2,1-3H3. The van der Waals surface area contributed by atoms with Crippen molar-refractivity contribution in [3.63, 3.8) is 0 Å². The second-order valence-electron chi connectivity index (χ2n) is 4.88. The molecule has 2 unspecified atom stereocenters. The van der Waals surface area contributed by atoms with Gasteiger partial charge in [0.25, 0.3) is 0 Å². The summed E-state index contributed by atoms with van der Waals surface area (Å²) in [5, 5.41) is 9.70. The first-order valence-corrected chi connectivity index (χ1v) is 5.35. The number of aliphatic hydroxyl groups excluding tert-OH is 1. The van der Waals surface area contributed by atoms with Gasteiger partial charge in [-0.2, -0.15) is 0 Å². The van der Waals surface area contributed by atoms with E-state index in [1.165, 1.54) is 0 Å².